The van der Waals surface area contributed by atoms with Crippen molar-refractivity contribution in [3.8, 4) is 0 Å². The summed E-state index contributed by atoms with van der Waals surface area (Å²) in [5.41, 5.74) is 0.818. The molecule has 2 aromatic rings. The number of hydrogen-bond donors (Lipinski definition) is 2. The lowest BCUT2D eigenvalue weighted by Gasteiger charge is -2.40. The number of carbonyl (C=O) groups is 2. The van der Waals surface area contributed by atoms with Crippen LogP contribution in [0.4, 0.5) is 8.78 Å². The van der Waals surface area contributed by atoms with Crippen LogP contribution in [0.15, 0.2) is 44.4 Å². The van der Waals surface area contributed by atoms with Crippen LogP contribution in [0.2, 0.25) is 0 Å². The van der Waals surface area contributed by atoms with Crippen molar-refractivity contribution < 1.29 is 36.6 Å². The fourth-order valence-electron chi connectivity index (χ4n) is 5.37. The SMILES string of the molecule is CCOC(=O)C1=C(C2CCN(S(=O)(=O)[C@H]3C[C@@H](C(=O)O)C3)CC2)NC(c2nccs2)=NC1c1ccc(F)c(F)c1Br. The summed E-state index contributed by atoms with van der Waals surface area (Å²) in [5, 5.41) is 13.9. The fraction of sp³-hybridized carbons (Fsp3) is 0.462. The molecule has 1 aromatic heterocycles. The van der Waals surface area contributed by atoms with Gasteiger partial charge in [0.25, 0.3) is 0 Å². The van der Waals surface area contributed by atoms with Gasteiger partial charge in [0.2, 0.25) is 10.0 Å². The first-order chi connectivity index (χ1) is 19.5. The summed E-state index contributed by atoms with van der Waals surface area (Å²) in [6, 6.07) is 1.27. The molecule has 220 valence electrons. The Balaban J connectivity index is 1.49. The number of hydrogen-bond acceptors (Lipinski definition) is 9. The number of allylic oxidation sites excluding steroid dienone is 1. The second-order valence-electron chi connectivity index (χ2n) is 10.0. The Hall–Kier alpha value is -2.75. The molecule has 0 bridgehead atoms. The van der Waals surface area contributed by atoms with E-state index >= 15 is 0 Å². The third kappa shape index (κ3) is 5.68. The second kappa shape index (κ2) is 11.9. The predicted octanol–water partition coefficient (Wildman–Crippen LogP) is 4.00. The lowest BCUT2D eigenvalue weighted by atomic mass is 9.85. The molecule has 3 aliphatic rings. The largest absolute Gasteiger partial charge is 0.481 e. The Labute approximate surface area is 247 Å². The number of piperidine rings is 1. The molecule has 15 heteroatoms. The van der Waals surface area contributed by atoms with Crippen LogP contribution in [-0.2, 0) is 24.3 Å². The highest BCUT2D eigenvalue weighted by molar-refractivity contribution is 9.10. The normalized spacial score (nSPS) is 23.9. The van der Waals surface area contributed by atoms with Gasteiger partial charge in [-0.1, -0.05) is 6.07 Å². The van der Waals surface area contributed by atoms with Gasteiger partial charge >= 0.3 is 11.9 Å². The summed E-state index contributed by atoms with van der Waals surface area (Å²) >= 11 is 4.44. The summed E-state index contributed by atoms with van der Waals surface area (Å²) in [7, 11) is -3.67. The molecule has 1 aromatic carbocycles. The topological polar surface area (TPSA) is 138 Å². The molecule has 0 radical (unpaired) electrons. The minimum atomic E-state index is -3.67. The van der Waals surface area contributed by atoms with Crippen LogP contribution in [-0.4, -0.2) is 65.5 Å². The average Bonchev–Trinajstić information content (AvgIpc) is 3.45. The quantitative estimate of drug-likeness (QED) is 0.317. The van der Waals surface area contributed by atoms with Crippen LogP contribution in [0.1, 0.15) is 49.2 Å². The van der Waals surface area contributed by atoms with E-state index in [9.17, 15) is 26.8 Å². The van der Waals surface area contributed by atoms with E-state index in [1.165, 1.54) is 21.7 Å². The maximum absolute atomic E-state index is 14.6. The number of amidine groups is 1. The van der Waals surface area contributed by atoms with Crippen LogP contribution in [0.3, 0.4) is 0 Å². The van der Waals surface area contributed by atoms with Crippen LogP contribution in [0.5, 0.6) is 0 Å². The molecular formula is C26H27BrF2N4O6S2. The highest BCUT2D eigenvalue weighted by Crippen LogP contribution is 2.42. The van der Waals surface area contributed by atoms with E-state index < -0.39 is 50.8 Å². The van der Waals surface area contributed by atoms with Crippen molar-refractivity contribution in [3.63, 3.8) is 0 Å². The fourth-order valence-corrected chi connectivity index (χ4v) is 8.59. The molecule has 3 heterocycles. The number of halogens is 3. The number of benzene rings is 1. The first kappa shape index (κ1) is 29.7. The molecule has 0 amide bonds. The number of nitrogens with one attached hydrogen (secondary N) is 1. The van der Waals surface area contributed by atoms with Crippen molar-refractivity contribution >= 4 is 55.1 Å². The Morgan fingerprint density at radius 1 is 1.24 bits per heavy atom. The van der Waals surface area contributed by atoms with Crippen molar-refractivity contribution in [2.75, 3.05) is 19.7 Å². The molecule has 2 fully saturated rings. The minimum absolute atomic E-state index is 0.0692. The number of ether oxygens (including phenoxy) is 1. The molecule has 1 saturated heterocycles. The smallest absolute Gasteiger partial charge is 0.338 e. The molecule has 5 rings (SSSR count). The maximum Gasteiger partial charge on any atom is 0.338 e. The third-order valence-corrected chi connectivity index (χ3v) is 11.6. The van der Waals surface area contributed by atoms with E-state index in [-0.39, 0.29) is 54.1 Å². The average molecular weight is 674 g/mol. The van der Waals surface area contributed by atoms with Gasteiger partial charge in [-0.15, -0.1) is 11.3 Å². The van der Waals surface area contributed by atoms with Gasteiger partial charge in [0.15, 0.2) is 22.5 Å². The molecule has 1 saturated carbocycles. The van der Waals surface area contributed by atoms with Crippen LogP contribution in [0.25, 0.3) is 0 Å². The molecule has 2 N–H and O–H groups in total. The summed E-state index contributed by atoms with van der Waals surface area (Å²) in [5.74, 6) is -4.46. The lowest BCUT2D eigenvalue weighted by Crippen LogP contribution is -2.50. The summed E-state index contributed by atoms with van der Waals surface area (Å²) in [4.78, 5) is 33.6. The Morgan fingerprint density at radius 3 is 2.56 bits per heavy atom. The number of sulfonamides is 1. The number of thiazole rings is 1. The van der Waals surface area contributed by atoms with Gasteiger partial charge in [-0.3, -0.25) is 9.79 Å². The number of aliphatic carboxylic acids is 1. The van der Waals surface area contributed by atoms with Gasteiger partial charge in [0.05, 0.1) is 27.8 Å². The van der Waals surface area contributed by atoms with Crippen molar-refractivity contribution in [1.82, 2.24) is 14.6 Å². The zero-order chi connectivity index (χ0) is 29.5. The van der Waals surface area contributed by atoms with Crippen molar-refractivity contribution in [2.24, 2.45) is 16.8 Å². The number of carboxylic acid groups (broad SMARTS) is 1. The summed E-state index contributed by atoms with van der Waals surface area (Å²) in [6.45, 7) is 2.07. The number of carboxylic acids is 1. The molecule has 41 heavy (non-hydrogen) atoms. The molecule has 2 aliphatic heterocycles. The summed E-state index contributed by atoms with van der Waals surface area (Å²) in [6.07, 6.45) is 2.49. The van der Waals surface area contributed by atoms with Crippen molar-refractivity contribution in [1.29, 1.82) is 0 Å². The highest BCUT2D eigenvalue weighted by atomic mass is 79.9. The van der Waals surface area contributed by atoms with Gasteiger partial charge < -0.3 is 15.2 Å². The first-order valence-corrected chi connectivity index (χ1v) is 16.2. The Morgan fingerprint density at radius 2 is 1.95 bits per heavy atom. The van der Waals surface area contributed by atoms with Crippen molar-refractivity contribution in [3.05, 3.63) is 61.7 Å². The molecule has 1 unspecified atom stereocenters. The van der Waals surface area contributed by atoms with Gasteiger partial charge in [-0.25, -0.2) is 31.3 Å². The number of aromatic nitrogens is 1. The number of rotatable bonds is 8. The van der Waals surface area contributed by atoms with Gasteiger partial charge in [-0.05, 0) is 60.2 Å². The Bertz CT molecular complexity index is 1520. The third-order valence-electron chi connectivity index (χ3n) is 7.65. The van der Waals surface area contributed by atoms with E-state index in [4.69, 9.17) is 14.8 Å². The van der Waals surface area contributed by atoms with E-state index in [0.29, 0.717) is 29.4 Å². The molecular weight excluding hydrogens is 646 g/mol. The van der Waals surface area contributed by atoms with Crippen LogP contribution >= 0.6 is 27.3 Å². The van der Waals surface area contributed by atoms with Crippen molar-refractivity contribution in [2.45, 2.75) is 43.9 Å². The van der Waals surface area contributed by atoms with Crippen LogP contribution in [0, 0.1) is 23.5 Å². The van der Waals surface area contributed by atoms with Gasteiger partial charge in [-0.2, -0.15) is 0 Å². The molecule has 1 aliphatic carbocycles. The highest BCUT2D eigenvalue weighted by Gasteiger charge is 2.46. The van der Waals surface area contributed by atoms with E-state index in [2.05, 4.69) is 26.2 Å². The zero-order valence-corrected chi connectivity index (χ0v) is 25.1. The van der Waals surface area contributed by atoms with Crippen LogP contribution < -0.4 is 5.32 Å². The predicted molar refractivity (Wildman–Crippen MR) is 150 cm³/mol. The first-order valence-electron chi connectivity index (χ1n) is 13.0. The maximum atomic E-state index is 14.6. The molecule has 0 spiro atoms. The number of carbonyl (C=O) groups excluding carboxylic acids is 1. The van der Waals surface area contributed by atoms with E-state index in [1.807, 2.05) is 0 Å². The molecule has 10 nitrogen and oxygen atoms in total. The molecule has 1 atom stereocenters. The van der Waals surface area contributed by atoms with E-state index in [1.54, 1.807) is 18.5 Å². The monoisotopic (exact) mass is 672 g/mol. The summed E-state index contributed by atoms with van der Waals surface area (Å²) < 4.78 is 61.5. The van der Waals surface area contributed by atoms with Gasteiger partial charge in [0, 0.05) is 36.3 Å². The number of nitrogens with zero attached hydrogens (tertiary/aromatic N) is 3. The Kier molecular flexibility index (Phi) is 8.60. The number of esters is 1. The lowest BCUT2D eigenvalue weighted by molar-refractivity contribution is -0.144. The minimum Gasteiger partial charge on any atom is -0.481 e. The number of aliphatic imine (C=N–C) groups is 1. The second-order valence-corrected chi connectivity index (χ2v) is 13.9. The zero-order valence-electron chi connectivity index (χ0n) is 21.8. The van der Waals surface area contributed by atoms with E-state index in [0.717, 1.165) is 6.07 Å². The van der Waals surface area contributed by atoms with Gasteiger partial charge in [0.1, 0.15) is 6.04 Å². The standard InChI is InChI=1S/C26H27BrF2N4O6S2/c1-2-39-26(36)18-21(13-5-8-33(9-6-13)41(37,38)15-11-14(12-15)25(34)35)31-23(24-30-7-10-40-24)32-22(18)16-3-4-17(28)20(29)19(16)27/h3-4,7,10,13-15,22H,2,5-6,8-9,11-12H2,1H3,(H,31,32)(H,34,35)/t14-,15+,22?.